The Labute approximate surface area is 109 Å². The summed E-state index contributed by atoms with van der Waals surface area (Å²) in [4.78, 5) is 6.68. The first-order chi connectivity index (χ1) is 8.44. The Morgan fingerprint density at radius 3 is 2.44 bits per heavy atom. The van der Waals surface area contributed by atoms with Crippen molar-refractivity contribution in [3.05, 3.63) is 41.6 Å². The smallest absolute Gasteiger partial charge is 0.296 e. The Balaban J connectivity index is 2.51. The molecule has 0 bridgehead atoms. The molecule has 0 radical (unpaired) electrons. The highest BCUT2D eigenvalue weighted by molar-refractivity contribution is 5.96. The highest BCUT2D eigenvalue weighted by atomic mass is 16.5. The van der Waals surface area contributed by atoms with E-state index in [1.165, 1.54) is 5.56 Å². The molecule has 1 heterocycles. The maximum atomic E-state index is 5.45. The number of hydrogen-bond acceptors (Lipinski definition) is 3. The van der Waals surface area contributed by atoms with E-state index in [0.29, 0.717) is 6.02 Å². The lowest BCUT2D eigenvalue weighted by molar-refractivity contribution is 0.381. The number of amidine groups is 1. The van der Waals surface area contributed by atoms with Gasteiger partial charge in [-0.15, -0.1) is 0 Å². The Morgan fingerprint density at radius 2 is 1.83 bits per heavy atom. The van der Waals surface area contributed by atoms with Gasteiger partial charge in [0.15, 0.2) is 0 Å². The zero-order valence-electron chi connectivity index (χ0n) is 11.7. The fraction of sp³-hybridized carbons (Fsp3) is 0.400. The summed E-state index contributed by atoms with van der Waals surface area (Å²) in [5.74, 6) is 0. The number of rotatable bonds is 1. The monoisotopic (exact) mass is 244 g/mol. The van der Waals surface area contributed by atoms with E-state index in [2.05, 4.69) is 55.8 Å². The van der Waals surface area contributed by atoms with Crippen LogP contribution in [-0.4, -0.2) is 18.7 Å². The molecule has 0 saturated carbocycles. The molecule has 0 atom stereocenters. The van der Waals surface area contributed by atoms with Gasteiger partial charge >= 0.3 is 0 Å². The third-order valence-corrected chi connectivity index (χ3v) is 3.03. The predicted octanol–water partition coefficient (Wildman–Crippen LogP) is 3.50. The van der Waals surface area contributed by atoms with Gasteiger partial charge in [0.1, 0.15) is 0 Å². The normalized spacial score (nSPS) is 18.2. The molecular weight excluding hydrogens is 224 g/mol. The van der Waals surface area contributed by atoms with Crippen LogP contribution in [0.2, 0.25) is 0 Å². The molecule has 1 aliphatic heterocycles. The average molecular weight is 244 g/mol. The van der Waals surface area contributed by atoms with Crippen molar-refractivity contribution in [3.8, 4) is 0 Å². The summed E-state index contributed by atoms with van der Waals surface area (Å²) in [7, 11) is 1.67. The molecule has 1 aromatic carbocycles. The molecular formula is C15H20N2O. The Kier molecular flexibility index (Phi) is 3.16. The summed E-state index contributed by atoms with van der Waals surface area (Å²) >= 11 is 0. The minimum Gasteiger partial charge on any atom is -0.468 e. The van der Waals surface area contributed by atoms with Crippen LogP contribution in [-0.2, 0) is 4.74 Å². The van der Waals surface area contributed by atoms with Crippen molar-refractivity contribution >= 4 is 11.7 Å². The number of hydrogen-bond donors (Lipinski definition) is 0. The third-order valence-electron chi connectivity index (χ3n) is 3.03. The van der Waals surface area contributed by atoms with E-state index in [1.807, 2.05) is 12.1 Å². The van der Waals surface area contributed by atoms with Crippen LogP contribution in [0.5, 0.6) is 0 Å². The quantitative estimate of drug-likeness (QED) is 0.755. The van der Waals surface area contributed by atoms with Gasteiger partial charge < -0.3 is 4.74 Å². The van der Waals surface area contributed by atoms with Gasteiger partial charge in [-0.25, -0.2) is 4.99 Å². The van der Waals surface area contributed by atoms with E-state index in [9.17, 15) is 0 Å². The van der Waals surface area contributed by atoms with Crippen LogP contribution in [0, 0.1) is 6.92 Å². The second kappa shape index (κ2) is 4.48. The van der Waals surface area contributed by atoms with Crippen molar-refractivity contribution < 1.29 is 4.74 Å². The number of aliphatic imine (C=N–C) groups is 1. The topological polar surface area (TPSA) is 24.8 Å². The molecule has 0 fully saturated rings. The lowest BCUT2D eigenvalue weighted by atomic mass is 10.0. The fourth-order valence-electron chi connectivity index (χ4n) is 2.30. The van der Waals surface area contributed by atoms with E-state index < -0.39 is 0 Å². The van der Waals surface area contributed by atoms with Gasteiger partial charge in [-0.1, -0.05) is 18.2 Å². The van der Waals surface area contributed by atoms with Crippen LogP contribution in [0.1, 0.15) is 26.3 Å². The standard InChI is InChI=1S/C15H20N2O/c1-11-8-6-7-9-13(11)17-12(2)10-15(3,4)16-14(17)18-5/h6-10H,1-5H3. The maximum Gasteiger partial charge on any atom is 0.296 e. The predicted molar refractivity (Wildman–Crippen MR) is 75.9 cm³/mol. The molecule has 2 rings (SSSR count). The second-order valence-corrected chi connectivity index (χ2v) is 5.16. The van der Waals surface area contributed by atoms with Gasteiger partial charge in [0.25, 0.3) is 6.02 Å². The van der Waals surface area contributed by atoms with Crippen LogP contribution >= 0.6 is 0 Å². The first-order valence-corrected chi connectivity index (χ1v) is 6.14. The summed E-state index contributed by atoms with van der Waals surface area (Å²) < 4.78 is 5.45. The van der Waals surface area contributed by atoms with E-state index in [1.54, 1.807) is 7.11 Å². The molecule has 3 heteroatoms. The van der Waals surface area contributed by atoms with Crippen LogP contribution in [0.25, 0.3) is 0 Å². The van der Waals surface area contributed by atoms with Crippen LogP contribution in [0.4, 0.5) is 5.69 Å². The average Bonchev–Trinajstić information content (AvgIpc) is 2.28. The summed E-state index contributed by atoms with van der Waals surface area (Å²) in [6.07, 6.45) is 2.15. The first kappa shape index (κ1) is 12.7. The molecule has 0 spiro atoms. The van der Waals surface area contributed by atoms with Gasteiger partial charge in [-0.05, 0) is 45.4 Å². The lowest BCUT2D eigenvalue weighted by Gasteiger charge is -2.34. The molecule has 0 saturated heterocycles. The van der Waals surface area contributed by atoms with Crippen molar-refractivity contribution in [2.24, 2.45) is 4.99 Å². The van der Waals surface area contributed by atoms with E-state index in [-0.39, 0.29) is 5.54 Å². The fourth-order valence-corrected chi connectivity index (χ4v) is 2.30. The molecule has 0 aromatic heterocycles. The maximum absolute atomic E-state index is 5.45. The highest BCUT2D eigenvalue weighted by Crippen LogP contribution is 2.30. The summed E-state index contributed by atoms with van der Waals surface area (Å²) in [5.41, 5.74) is 3.24. The molecule has 1 aliphatic rings. The van der Waals surface area contributed by atoms with Crippen molar-refractivity contribution in [1.29, 1.82) is 0 Å². The Hall–Kier alpha value is -1.77. The van der Waals surface area contributed by atoms with E-state index >= 15 is 0 Å². The number of allylic oxidation sites excluding steroid dienone is 1. The van der Waals surface area contributed by atoms with E-state index in [4.69, 9.17) is 4.74 Å². The van der Waals surface area contributed by atoms with Crippen molar-refractivity contribution in [2.75, 3.05) is 12.0 Å². The van der Waals surface area contributed by atoms with Crippen molar-refractivity contribution in [3.63, 3.8) is 0 Å². The first-order valence-electron chi connectivity index (χ1n) is 6.14. The number of nitrogens with zero attached hydrogens (tertiary/aromatic N) is 2. The van der Waals surface area contributed by atoms with Crippen molar-refractivity contribution in [1.82, 2.24) is 0 Å². The highest BCUT2D eigenvalue weighted by Gasteiger charge is 2.28. The van der Waals surface area contributed by atoms with Gasteiger partial charge in [0.2, 0.25) is 0 Å². The van der Waals surface area contributed by atoms with Gasteiger partial charge in [-0.3, -0.25) is 4.90 Å². The zero-order chi connectivity index (χ0) is 13.3. The largest absolute Gasteiger partial charge is 0.468 e. The lowest BCUT2D eigenvalue weighted by Crippen LogP contribution is -2.38. The molecule has 96 valence electrons. The van der Waals surface area contributed by atoms with Crippen LogP contribution in [0.3, 0.4) is 0 Å². The third kappa shape index (κ3) is 2.26. The second-order valence-electron chi connectivity index (χ2n) is 5.16. The SMILES string of the molecule is COC1=NC(C)(C)C=C(C)N1c1ccccc1C. The summed E-state index contributed by atoms with van der Waals surface area (Å²) in [6, 6.07) is 8.89. The number of para-hydroxylation sites is 1. The van der Waals surface area contributed by atoms with Crippen molar-refractivity contribution in [2.45, 2.75) is 33.2 Å². The van der Waals surface area contributed by atoms with Crippen LogP contribution in [0.15, 0.2) is 41.0 Å². The molecule has 0 aliphatic carbocycles. The molecule has 0 N–H and O–H groups in total. The van der Waals surface area contributed by atoms with Gasteiger partial charge in [0, 0.05) is 5.70 Å². The molecule has 3 nitrogen and oxygen atoms in total. The Morgan fingerprint density at radius 1 is 1.17 bits per heavy atom. The minimum absolute atomic E-state index is 0.214. The summed E-state index contributed by atoms with van der Waals surface area (Å²) in [5, 5.41) is 0. The number of benzene rings is 1. The van der Waals surface area contributed by atoms with Gasteiger partial charge in [-0.2, -0.15) is 0 Å². The molecule has 0 unspecified atom stereocenters. The number of methoxy groups -OCH3 is 1. The van der Waals surface area contributed by atoms with E-state index in [0.717, 1.165) is 11.4 Å². The number of aryl methyl sites for hydroxylation is 1. The molecule has 1 aromatic rings. The number of anilines is 1. The molecule has 0 amide bonds. The summed E-state index contributed by atoms with van der Waals surface area (Å²) in [6.45, 7) is 8.33. The van der Waals surface area contributed by atoms with Crippen LogP contribution < -0.4 is 4.90 Å². The zero-order valence-corrected chi connectivity index (χ0v) is 11.7. The molecule has 18 heavy (non-hydrogen) atoms. The number of ether oxygens (including phenoxy) is 1. The minimum atomic E-state index is -0.214. The Bertz CT molecular complexity index is 515. The van der Waals surface area contributed by atoms with Gasteiger partial charge in [0.05, 0.1) is 18.3 Å².